The molecule has 0 N–H and O–H groups in total. The van der Waals surface area contributed by atoms with E-state index < -0.39 is 5.97 Å². The molecule has 0 radical (unpaired) electrons. The van der Waals surface area contributed by atoms with E-state index in [2.05, 4.69) is 25.1 Å². The lowest BCUT2D eigenvalue weighted by Gasteiger charge is -1.95. The fourth-order valence-corrected chi connectivity index (χ4v) is 0.771. The molecule has 0 saturated heterocycles. The van der Waals surface area contributed by atoms with Crippen LogP contribution in [-0.2, 0) is 8.87 Å². The van der Waals surface area contributed by atoms with Crippen molar-refractivity contribution in [3.05, 3.63) is 35.9 Å². The molecule has 1 aromatic carbocycles. The lowest BCUT2D eigenvalue weighted by molar-refractivity contribution is -0.123. The third kappa shape index (κ3) is 2.32. The van der Waals surface area contributed by atoms with E-state index in [0.717, 1.165) is 0 Å². The number of benzene rings is 1. The van der Waals surface area contributed by atoms with Gasteiger partial charge in [-0.1, -0.05) is 18.2 Å². The summed E-state index contributed by atoms with van der Waals surface area (Å²) in [4.78, 5) is 15.1. The highest BCUT2D eigenvalue weighted by Crippen LogP contribution is 2.02. The van der Waals surface area contributed by atoms with Gasteiger partial charge in [-0.25, -0.2) is 4.79 Å². The largest absolute Gasteiger partial charge is 0.374 e. The fraction of sp³-hybridized carbons (Fsp3) is 0. The van der Waals surface area contributed by atoms with Gasteiger partial charge in [0.15, 0.2) is 16.3 Å². The van der Waals surface area contributed by atoms with Gasteiger partial charge in [-0.05, 0) is 12.1 Å². The molecule has 0 heterocycles. The van der Waals surface area contributed by atoms with Crippen LogP contribution in [0.2, 0.25) is 0 Å². The molecule has 11 heavy (non-hydrogen) atoms. The molecule has 0 atom stereocenters. The summed E-state index contributed by atoms with van der Waals surface area (Å²) in [5.74, 6) is -0.525. The normalized spacial score (nSPS) is 9.18. The molecule has 0 unspecified atom stereocenters. The zero-order chi connectivity index (χ0) is 8.10. The van der Waals surface area contributed by atoms with Crippen molar-refractivity contribution in [2.24, 2.45) is 0 Å². The summed E-state index contributed by atoms with van der Waals surface area (Å²) in [6.45, 7) is 0. The molecule has 0 aliphatic rings. The standard InChI is InChI=1S/C7H5BrO3/c8-11-10-7(9)6-4-2-1-3-5-6/h1-5H. The summed E-state index contributed by atoms with van der Waals surface area (Å²) in [6, 6.07) is 8.56. The van der Waals surface area contributed by atoms with E-state index in [0.29, 0.717) is 5.56 Å². The molecular formula is C7H5BrO3. The van der Waals surface area contributed by atoms with Crippen molar-refractivity contribution in [2.75, 3.05) is 0 Å². The second kappa shape index (κ2) is 4.10. The minimum absolute atomic E-state index is 0.451. The summed E-state index contributed by atoms with van der Waals surface area (Å²) < 4.78 is 4.02. The van der Waals surface area contributed by atoms with Crippen LogP contribution in [0.15, 0.2) is 30.3 Å². The zero-order valence-corrected chi connectivity index (χ0v) is 7.08. The Morgan fingerprint density at radius 2 is 1.91 bits per heavy atom. The van der Waals surface area contributed by atoms with Crippen LogP contribution in [0.3, 0.4) is 0 Å². The van der Waals surface area contributed by atoms with Crippen LogP contribution < -0.4 is 0 Å². The first-order valence-corrected chi connectivity index (χ1v) is 3.54. The molecule has 0 amide bonds. The first-order valence-electron chi connectivity index (χ1n) is 2.89. The van der Waals surface area contributed by atoms with Gasteiger partial charge in [0.1, 0.15) is 0 Å². The highest BCUT2D eigenvalue weighted by Gasteiger charge is 2.05. The van der Waals surface area contributed by atoms with E-state index in [1.807, 2.05) is 6.07 Å². The van der Waals surface area contributed by atoms with Gasteiger partial charge in [0, 0.05) is 0 Å². The van der Waals surface area contributed by atoms with Crippen LogP contribution in [0.4, 0.5) is 0 Å². The minimum atomic E-state index is -0.525. The van der Waals surface area contributed by atoms with Crippen LogP contribution in [0.25, 0.3) is 0 Å². The molecule has 1 aromatic rings. The zero-order valence-electron chi connectivity index (χ0n) is 5.49. The Bertz CT molecular complexity index is 235. The first-order chi connectivity index (χ1) is 5.34. The lowest BCUT2D eigenvalue weighted by atomic mass is 10.2. The first kappa shape index (κ1) is 8.23. The predicted octanol–water partition coefficient (Wildman–Crippen LogP) is 2.08. The van der Waals surface area contributed by atoms with Crippen LogP contribution in [0.5, 0.6) is 0 Å². The van der Waals surface area contributed by atoms with Gasteiger partial charge < -0.3 is 0 Å². The van der Waals surface area contributed by atoms with E-state index >= 15 is 0 Å². The second-order valence-electron chi connectivity index (χ2n) is 1.80. The van der Waals surface area contributed by atoms with Crippen LogP contribution in [-0.4, -0.2) is 5.97 Å². The average molecular weight is 217 g/mol. The Kier molecular flexibility index (Phi) is 3.07. The van der Waals surface area contributed by atoms with Gasteiger partial charge >= 0.3 is 5.97 Å². The number of halogens is 1. The molecule has 0 spiro atoms. The van der Waals surface area contributed by atoms with Crippen LogP contribution in [0.1, 0.15) is 10.4 Å². The SMILES string of the molecule is O=C(OOBr)c1ccccc1. The molecule has 0 aliphatic carbocycles. The summed E-state index contributed by atoms with van der Waals surface area (Å²) in [5.41, 5.74) is 0.451. The maximum Gasteiger partial charge on any atom is 0.374 e. The van der Waals surface area contributed by atoms with Crippen molar-refractivity contribution in [1.29, 1.82) is 0 Å². The molecule has 0 bridgehead atoms. The van der Waals surface area contributed by atoms with Crippen molar-refractivity contribution in [3.8, 4) is 0 Å². The van der Waals surface area contributed by atoms with Gasteiger partial charge in [-0.2, -0.15) is 0 Å². The number of carbonyl (C=O) groups is 1. The molecule has 1 rings (SSSR count). The Balaban J connectivity index is 2.69. The molecule has 0 fully saturated rings. The third-order valence-electron chi connectivity index (χ3n) is 1.12. The number of carbonyl (C=O) groups excluding carboxylic acids is 1. The Morgan fingerprint density at radius 1 is 1.27 bits per heavy atom. The highest BCUT2D eigenvalue weighted by atomic mass is 79.9. The molecular weight excluding hydrogens is 212 g/mol. The predicted molar refractivity (Wildman–Crippen MR) is 41.9 cm³/mol. The van der Waals surface area contributed by atoms with Crippen molar-refractivity contribution in [3.63, 3.8) is 0 Å². The van der Waals surface area contributed by atoms with E-state index in [9.17, 15) is 4.79 Å². The van der Waals surface area contributed by atoms with E-state index in [1.165, 1.54) is 0 Å². The van der Waals surface area contributed by atoms with Crippen LogP contribution in [0, 0.1) is 0 Å². The fourth-order valence-electron chi connectivity index (χ4n) is 0.651. The third-order valence-corrected chi connectivity index (χ3v) is 1.25. The van der Waals surface area contributed by atoms with Gasteiger partial charge in [0.2, 0.25) is 0 Å². The van der Waals surface area contributed by atoms with Crippen molar-refractivity contribution >= 4 is 22.2 Å². The summed E-state index contributed by atoms with van der Waals surface area (Å²) >= 11 is 2.50. The summed E-state index contributed by atoms with van der Waals surface area (Å²) in [5, 5.41) is 0. The quantitative estimate of drug-likeness (QED) is 0.561. The number of hydrogen-bond acceptors (Lipinski definition) is 3. The summed E-state index contributed by atoms with van der Waals surface area (Å²) in [7, 11) is 0. The van der Waals surface area contributed by atoms with Gasteiger partial charge in [-0.3, -0.25) is 4.89 Å². The summed E-state index contributed by atoms with van der Waals surface area (Å²) in [6.07, 6.45) is 0. The van der Waals surface area contributed by atoms with E-state index in [-0.39, 0.29) is 0 Å². The monoisotopic (exact) mass is 216 g/mol. The van der Waals surface area contributed by atoms with E-state index in [4.69, 9.17) is 0 Å². The molecule has 0 aliphatic heterocycles. The van der Waals surface area contributed by atoms with Crippen LogP contribution >= 0.6 is 16.3 Å². The van der Waals surface area contributed by atoms with Gasteiger partial charge in [0.05, 0.1) is 5.56 Å². The molecule has 3 nitrogen and oxygen atoms in total. The molecule has 4 heteroatoms. The molecule has 0 aromatic heterocycles. The minimum Gasteiger partial charge on any atom is -0.281 e. The lowest BCUT2D eigenvalue weighted by Crippen LogP contribution is -2.01. The molecule has 0 saturated carbocycles. The molecule has 58 valence electrons. The Hall–Kier alpha value is -0.870. The highest BCUT2D eigenvalue weighted by molar-refractivity contribution is 9.05. The Morgan fingerprint density at radius 3 is 2.45 bits per heavy atom. The van der Waals surface area contributed by atoms with E-state index in [1.54, 1.807) is 24.3 Å². The average Bonchev–Trinajstić information content (AvgIpc) is 2.07. The maximum atomic E-state index is 10.9. The number of rotatable bonds is 2. The smallest absolute Gasteiger partial charge is 0.281 e. The Labute approximate surface area is 72.3 Å². The van der Waals surface area contributed by atoms with Crippen molar-refractivity contribution in [2.45, 2.75) is 0 Å². The maximum absolute atomic E-state index is 10.9. The van der Waals surface area contributed by atoms with Gasteiger partial charge in [0.25, 0.3) is 0 Å². The van der Waals surface area contributed by atoms with Gasteiger partial charge in [-0.15, -0.1) is 3.98 Å². The van der Waals surface area contributed by atoms with Crippen molar-refractivity contribution in [1.82, 2.24) is 0 Å². The topological polar surface area (TPSA) is 35.5 Å². The second-order valence-corrected chi connectivity index (χ2v) is 2.06. The van der Waals surface area contributed by atoms with Crippen molar-refractivity contribution < 1.29 is 13.7 Å². The number of hydrogen-bond donors (Lipinski definition) is 0.